The highest BCUT2D eigenvalue weighted by atomic mass is 79.9. The van der Waals surface area contributed by atoms with Crippen molar-refractivity contribution in [1.29, 1.82) is 0 Å². The van der Waals surface area contributed by atoms with Gasteiger partial charge < -0.3 is 5.11 Å². The van der Waals surface area contributed by atoms with E-state index in [1.165, 1.54) is 0 Å². The lowest BCUT2D eigenvalue weighted by molar-refractivity contribution is 0.205. The molecule has 2 radical (unpaired) electrons. The minimum Gasteiger partial charge on any atom is -0.388 e. The minimum atomic E-state index is -0.435. The molecular weight excluding hydrogens is 203 g/mol. The van der Waals surface area contributed by atoms with Crippen molar-refractivity contribution in [3.05, 3.63) is 29.8 Å². The smallest absolute Gasteiger partial charge is 0.113 e. The maximum atomic E-state index is 9.33. The number of hydrogen-bond acceptors (Lipinski definition) is 1. The van der Waals surface area contributed by atoms with Gasteiger partial charge in [-0.2, -0.15) is 0 Å². The van der Waals surface area contributed by atoms with E-state index >= 15 is 0 Å². The number of aliphatic hydroxyl groups is 1. The Labute approximate surface area is 76.0 Å². The van der Waals surface area contributed by atoms with Crippen LogP contribution < -0.4 is 5.46 Å². The van der Waals surface area contributed by atoms with E-state index in [-0.39, 0.29) is 0 Å². The molecule has 1 N–H and O–H groups in total. The average molecular weight is 211 g/mol. The molecule has 1 nitrogen and oxygen atoms in total. The van der Waals surface area contributed by atoms with E-state index < -0.39 is 6.10 Å². The predicted octanol–water partition coefficient (Wildman–Crippen LogP) is 0.909. The Morgan fingerprint density at radius 3 is 2.36 bits per heavy atom. The van der Waals surface area contributed by atoms with Crippen LogP contribution in [-0.4, -0.2) is 18.3 Å². The fraction of sp³-hybridized carbons (Fsp3) is 0.250. The number of benzene rings is 1. The molecule has 56 valence electrons. The molecule has 0 unspecified atom stereocenters. The van der Waals surface area contributed by atoms with Crippen LogP contribution in [0.5, 0.6) is 0 Å². The molecule has 1 aromatic rings. The highest BCUT2D eigenvalue weighted by Crippen LogP contribution is 2.12. The van der Waals surface area contributed by atoms with Crippen LogP contribution in [0.25, 0.3) is 0 Å². The first kappa shape index (κ1) is 8.82. The van der Waals surface area contributed by atoms with Gasteiger partial charge in [-0.05, 0) is 5.56 Å². The maximum absolute atomic E-state index is 9.33. The molecule has 0 aromatic heterocycles. The Morgan fingerprint density at radius 1 is 1.36 bits per heavy atom. The van der Waals surface area contributed by atoms with Crippen LogP contribution in [0.15, 0.2) is 24.3 Å². The van der Waals surface area contributed by atoms with Gasteiger partial charge in [0.2, 0.25) is 0 Å². The second-order valence-corrected chi connectivity index (χ2v) is 2.98. The summed E-state index contributed by atoms with van der Waals surface area (Å²) in [6.45, 7) is 0. The third-order valence-corrected chi connectivity index (χ3v) is 2.08. The van der Waals surface area contributed by atoms with Gasteiger partial charge in [0, 0.05) is 5.33 Å². The van der Waals surface area contributed by atoms with E-state index in [1.807, 2.05) is 12.1 Å². The monoisotopic (exact) mass is 210 g/mol. The summed E-state index contributed by atoms with van der Waals surface area (Å²) in [5, 5.41) is 9.88. The molecule has 0 aliphatic carbocycles. The van der Waals surface area contributed by atoms with Crippen LogP contribution >= 0.6 is 15.9 Å². The standard InChI is InChI=1S/C8H8BBrO/c9-7-3-1-6(2-4-7)8(11)5-10/h1-4,8,11H,5H2/t8-/m1/s1. The Balaban J connectivity index is 2.81. The Bertz CT molecular complexity index is 222. The zero-order chi connectivity index (χ0) is 8.27. The van der Waals surface area contributed by atoms with E-state index in [0.29, 0.717) is 5.33 Å². The number of hydrogen-bond donors (Lipinski definition) is 1. The fourth-order valence-corrected chi connectivity index (χ4v) is 1.18. The fourth-order valence-electron chi connectivity index (χ4n) is 0.807. The summed E-state index contributed by atoms with van der Waals surface area (Å²) in [6, 6.07) is 7.20. The summed E-state index contributed by atoms with van der Waals surface area (Å²) >= 11 is 3.19. The molecule has 0 saturated heterocycles. The molecule has 0 spiro atoms. The second kappa shape index (κ2) is 3.93. The van der Waals surface area contributed by atoms with E-state index in [0.717, 1.165) is 11.0 Å². The number of rotatable bonds is 2. The lowest BCUT2D eigenvalue weighted by Gasteiger charge is -2.06. The van der Waals surface area contributed by atoms with Crippen molar-refractivity contribution in [1.82, 2.24) is 0 Å². The molecule has 0 amide bonds. The van der Waals surface area contributed by atoms with Crippen molar-refractivity contribution >= 4 is 29.2 Å². The van der Waals surface area contributed by atoms with E-state index in [1.54, 1.807) is 12.1 Å². The molecule has 0 saturated carbocycles. The first-order valence-electron chi connectivity index (χ1n) is 3.33. The van der Waals surface area contributed by atoms with Gasteiger partial charge in [-0.15, -0.1) is 0 Å². The van der Waals surface area contributed by atoms with Crippen LogP contribution in [0.1, 0.15) is 11.7 Å². The molecule has 0 heterocycles. The van der Waals surface area contributed by atoms with Gasteiger partial charge in [-0.3, -0.25) is 0 Å². The van der Waals surface area contributed by atoms with Crippen molar-refractivity contribution in [2.45, 2.75) is 6.10 Å². The second-order valence-electron chi connectivity index (χ2n) is 2.34. The van der Waals surface area contributed by atoms with Gasteiger partial charge in [-0.1, -0.05) is 45.7 Å². The summed E-state index contributed by atoms with van der Waals surface area (Å²) in [5.74, 6) is 0. The predicted molar refractivity (Wildman–Crippen MR) is 50.6 cm³/mol. The number of alkyl halides is 1. The molecule has 0 fully saturated rings. The van der Waals surface area contributed by atoms with E-state index in [2.05, 4.69) is 15.9 Å². The third kappa shape index (κ3) is 2.35. The normalized spacial score (nSPS) is 12.9. The summed E-state index contributed by atoms with van der Waals surface area (Å²) in [4.78, 5) is 0. The van der Waals surface area contributed by atoms with Crippen LogP contribution in [-0.2, 0) is 0 Å². The average Bonchev–Trinajstić information content (AvgIpc) is 2.05. The number of halogens is 1. The van der Waals surface area contributed by atoms with Crippen LogP contribution in [0.4, 0.5) is 0 Å². The molecule has 11 heavy (non-hydrogen) atoms. The topological polar surface area (TPSA) is 20.2 Å². The summed E-state index contributed by atoms with van der Waals surface area (Å²) < 4.78 is 0. The zero-order valence-corrected chi connectivity index (χ0v) is 7.58. The largest absolute Gasteiger partial charge is 0.388 e. The van der Waals surface area contributed by atoms with Crippen molar-refractivity contribution in [3.8, 4) is 0 Å². The molecule has 1 atom stereocenters. The van der Waals surface area contributed by atoms with Crippen LogP contribution in [0.3, 0.4) is 0 Å². The lowest BCUT2D eigenvalue weighted by Crippen LogP contribution is -2.04. The molecule has 0 aliphatic heterocycles. The molecule has 1 rings (SSSR count). The SMILES string of the molecule is [B]c1ccc([C@H](O)CBr)cc1. The highest BCUT2D eigenvalue weighted by Gasteiger charge is 2.02. The number of aliphatic hydroxyl groups excluding tert-OH is 1. The molecule has 0 bridgehead atoms. The molecule has 3 heteroatoms. The first-order valence-corrected chi connectivity index (χ1v) is 4.45. The Kier molecular flexibility index (Phi) is 3.15. The van der Waals surface area contributed by atoms with Crippen molar-refractivity contribution < 1.29 is 5.11 Å². The zero-order valence-electron chi connectivity index (χ0n) is 6.00. The quantitative estimate of drug-likeness (QED) is 0.569. The van der Waals surface area contributed by atoms with Gasteiger partial charge in [0.1, 0.15) is 7.85 Å². The molecule has 1 aromatic carbocycles. The molecular formula is C8H8BBrO. The van der Waals surface area contributed by atoms with Gasteiger partial charge in [-0.25, -0.2) is 0 Å². The van der Waals surface area contributed by atoms with Crippen molar-refractivity contribution in [3.63, 3.8) is 0 Å². The summed E-state index contributed by atoms with van der Waals surface area (Å²) in [5.41, 5.74) is 1.60. The van der Waals surface area contributed by atoms with Crippen molar-refractivity contribution in [2.75, 3.05) is 5.33 Å². The Hall–Kier alpha value is -0.275. The minimum absolute atomic E-state index is 0.435. The summed E-state index contributed by atoms with van der Waals surface area (Å²) in [7, 11) is 5.47. The van der Waals surface area contributed by atoms with Crippen molar-refractivity contribution in [2.24, 2.45) is 0 Å². The van der Waals surface area contributed by atoms with Crippen LogP contribution in [0, 0.1) is 0 Å². The van der Waals surface area contributed by atoms with Gasteiger partial charge in [0.15, 0.2) is 0 Å². The summed E-state index contributed by atoms with van der Waals surface area (Å²) in [6.07, 6.45) is -0.435. The first-order chi connectivity index (χ1) is 5.24. The Morgan fingerprint density at radius 2 is 1.91 bits per heavy atom. The van der Waals surface area contributed by atoms with E-state index in [4.69, 9.17) is 7.85 Å². The van der Waals surface area contributed by atoms with Gasteiger partial charge in [0.25, 0.3) is 0 Å². The maximum Gasteiger partial charge on any atom is 0.113 e. The lowest BCUT2D eigenvalue weighted by atomic mass is 9.94. The van der Waals surface area contributed by atoms with Gasteiger partial charge >= 0.3 is 0 Å². The van der Waals surface area contributed by atoms with Crippen LogP contribution in [0.2, 0.25) is 0 Å². The highest BCUT2D eigenvalue weighted by molar-refractivity contribution is 9.09. The third-order valence-electron chi connectivity index (χ3n) is 1.47. The molecule has 0 aliphatic rings. The van der Waals surface area contributed by atoms with Gasteiger partial charge in [0.05, 0.1) is 6.10 Å². The van der Waals surface area contributed by atoms with E-state index in [9.17, 15) is 5.11 Å².